The maximum absolute atomic E-state index is 12.5. The number of hydrogen-bond acceptors (Lipinski definition) is 5. The number of nitrogens with zero attached hydrogens (tertiary/aromatic N) is 1. The SMILES string of the molecule is CCCCCCCCCCCCCC(=O)OCC(CNC(=O)C[N+](C)(C)C)OC(=O)CCCCCCCCCCCCC. The van der Waals surface area contributed by atoms with Crippen molar-refractivity contribution in [1.82, 2.24) is 5.32 Å². The maximum atomic E-state index is 12.5. The van der Waals surface area contributed by atoms with Gasteiger partial charge in [-0.25, -0.2) is 0 Å². The summed E-state index contributed by atoms with van der Waals surface area (Å²) in [5.74, 6) is -0.672. The summed E-state index contributed by atoms with van der Waals surface area (Å²) >= 11 is 0. The third kappa shape index (κ3) is 31.6. The van der Waals surface area contributed by atoms with E-state index >= 15 is 0 Å². The van der Waals surface area contributed by atoms with Crippen LogP contribution in [0.2, 0.25) is 0 Å². The molecule has 0 saturated carbocycles. The molecule has 0 aliphatic carbocycles. The Morgan fingerprint density at radius 3 is 1.33 bits per heavy atom. The fourth-order valence-electron chi connectivity index (χ4n) is 5.22. The number of likely N-dealkylation sites (N-methyl/N-ethyl adjacent to an activating group) is 1. The van der Waals surface area contributed by atoms with Gasteiger partial charge < -0.3 is 19.3 Å². The maximum Gasteiger partial charge on any atom is 0.306 e. The van der Waals surface area contributed by atoms with Crippen molar-refractivity contribution in [2.75, 3.05) is 40.8 Å². The zero-order chi connectivity index (χ0) is 32.0. The smallest absolute Gasteiger partial charge is 0.306 e. The molecule has 1 N–H and O–H groups in total. The molecule has 1 amide bonds. The normalized spacial score (nSPS) is 12.2. The lowest BCUT2D eigenvalue weighted by Gasteiger charge is -2.24. The number of hydrogen-bond donors (Lipinski definition) is 1. The minimum atomic E-state index is -0.669. The molecule has 0 bridgehead atoms. The van der Waals surface area contributed by atoms with Gasteiger partial charge in [0.15, 0.2) is 12.6 Å². The molecule has 1 atom stereocenters. The van der Waals surface area contributed by atoms with Crippen LogP contribution in [0.25, 0.3) is 0 Å². The van der Waals surface area contributed by atoms with Crippen LogP contribution in [0.1, 0.15) is 168 Å². The van der Waals surface area contributed by atoms with Crippen LogP contribution >= 0.6 is 0 Å². The van der Waals surface area contributed by atoms with E-state index in [1.54, 1.807) is 0 Å². The molecule has 0 aromatic rings. The van der Waals surface area contributed by atoms with Crippen LogP contribution in [-0.4, -0.2) is 69.3 Å². The Morgan fingerprint density at radius 1 is 0.558 bits per heavy atom. The summed E-state index contributed by atoms with van der Waals surface area (Å²) in [6.07, 6.45) is 27.0. The van der Waals surface area contributed by atoms with Crippen LogP contribution in [0.4, 0.5) is 0 Å². The van der Waals surface area contributed by atoms with E-state index in [9.17, 15) is 14.4 Å². The predicted molar refractivity (Wildman–Crippen MR) is 179 cm³/mol. The van der Waals surface area contributed by atoms with E-state index in [0.29, 0.717) is 23.9 Å². The summed E-state index contributed by atoms with van der Waals surface area (Å²) in [5.41, 5.74) is 0. The van der Waals surface area contributed by atoms with Gasteiger partial charge in [-0.1, -0.05) is 142 Å². The Bertz CT molecular complexity index is 677. The topological polar surface area (TPSA) is 81.7 Å². The molecule has 0 radical (unpaired) electrons. The van der Waals surface area contributed by atoms with Gasteiger partial charge in [0.25, 0.3) is 5.91 Å². The van der Waals surface area contributed by atoms with Crippen molar-refractivity contribution in [3.05, 3.63) is 0 Å². The van der Waals surface area contributed by atoms with Crippen molar-refractivity contribution in [2.45, 2.75) is 174 Å². The van der Waals surface area contributed by atoms with Crippen LogP contribution < -0.4 is 5.32 Å². The molecule has 7 nitrogen and oxygen atoms in total. The van der Waals surface area contributed by atoms with Crippen molar-refractivity contribution in [3.8, 4) is 0 Å². The standard InChI is InChI=1S/C36H70N2O5/c1-6-8-10-12-14-16-18-20-22-24-26-28-35(40)42-32-33(30-37-34(39)31-38(3,4)5)43-36(41)29-27-25-23-21-19-17-15-13-11-9-7-2/h33H,6-32H2,1-5H3/p+1. The van der Waals surface area contributed by atoms with Crippen LogP contribution in [-0.2, 0) is 23.9 Å². The molecule has 254 valence electrons. The van der Waals surface area contributed by atoms with Crippen molar-refractivity contribution in [2.24, 2.45) is 0 Å². The highest BCUT2D eigenvalue weighted by Crippen LogP contribution is 2.14. The van der Waals surface area contributed by atoms with Gasteiger partial charge in [-0.3, -0.25) is 14.4 Å². The lowest BCUT2D eigenvalue weighted by Crippen LogP contribution is -2.46. The first-order chi connectivity index (χ1) is 20.7. The fraction of sp³-hybridized carbons (Fsp3) is 0.917. The number of carbonyl (C=O) groups excluding carboxylic acids is 3. The molecule has 0 heterocycles. The highest BCUT2D eigenvalue weighted by molar-refractivity contribution is 5.77. The van der Waals surface area contributed by atoms with Gasteiger partial charge in [0, 0.05) is 12.8 Å². The summed E-state index contributed by atoms with van der Waals surface area (Å²) in [4.78, 5) is 37.2. The monoisotopic (exact) mass is 612 g/mol. The van der Waals surface area contributed by atoms with Gasteiger partial charge in [-0.05, 0) is 12.8 Å². The van der Waals surface area contributed by atoms with Crippen molar-refractivity contribution >= 4 is 17.8 Å². The van der Waals surface area contributed by atoms with Crippen LogP contribution in [0.5, 0.6) is 0 Å². The number of carbonyl (C=O) groups is 3. The Balaban J connectivity index is 4.23. The lowest BCUT2D eigenvalue weighted by molar-refractivity contribution is -0.862. The second-order valence-electron chi connectivity index (χ2n) is 13.6. The Hall–Kier alpha value is -1.63. The van der Waals surface area contributed by atoms with Crippen LogP contribution in [0, 0.1) is 0 Å². The average molecular weight is 612 g/mol. The Kier molecular flexibility index (Phi) is 28.0. The van der Waals surface area contributed by atoms with Gasteiger partial charge in [-0.15, -0.1) is 0 Å². The molecule has 0 aromatic carbocycles. The molecule has 0 aliphatic heterocycles. The highest BCUT2D eigenvalue weighted by atomic mass is 16.6. The minimum absolute atomic E-state index is 0.0223. The number of esters is 2. The van der Waals surface area contributed by atoms with E-state index < -0.39 is 6.10 Å². The zero-order valence-corrected chi connectivity index (χ0v) is 29.2. The van der Waals surface area contributed by atoms with E-state index in [1.807, 2.05) is 21.1 Å². The third-order valence-electron chi connectivity index (χ3n) is 7.84. The number of rotatable bonds is 31. The number of unbranched alkanes of at least 4 members (excludes halogenated alkanes) is 20. The summed E-state index contributed by atoms with van der Waals surface area (Å²) in [7, 11) is 5.84. The minimum Gasteiger partial charge on any atom is -0.462 e. The number of amides is 1. The van der Waals surface area contributed by atoms with Gasteiger partial charge in [-0.2, -0.15) is 0 Å². The molecule has 7 heteroatoms. The van der Waals surface area contributed by atoms with Crippen LogP contribution in [0.3, 0.4) is 0 Å². The van der Waals surface area contributed by atoms with E-state index in [-0.39, 0.29) is 31.0 Å². The first kappa shape index (κ1) is 41.4. The zero-order valence-electron chi connectivity index (χ0n) is 29.2. The molecule has 0 rings (SSSR count). The van der Waals surface area contributed by atoms with Gasteiger partial charge in [0.2, 0.25) is 0 Å². The fourth-order valence-corrected chi connectivity index (χ4v) is 5.22. The molecule has 0 aromatic heterocycles. The Labute approximate surface area is 266 Å². The van der Waals surface area contributed by atoms with Crippen molar-refractivity contribution < 1.29 is 28.3 Å². The molecule has 0 aliphatic rings. The number of quaternary nitrogens is 1. The second-order valence-corrected chi connectivity index (χ2v) is 13.6. The largest absolute Gasteiger partial charge is 0.462 e. The van der Waals surface area contributed by atoms with Gasteiger partial charge >= 0.3 is 11.9 Å². The van der Waals surface area contributed by atoms with E-state index in [0.717, 1.165) is 38.5 Å². The molecular formula is C36H71N2O5+. The van der Waals surface area contributed by atoms with Crippen molar-refractivity contribution in [1.29, 1.82) is 0 Å². The summed E-state index contributed by atoms with van der Waals surface area (Å²) in [6.45, 7) is 4.94. The quantitative estimate of drug-likeness (QED) is 0.0482. The molecule has 0 saturated heterocycles. The molecule has 1 unspecified atom stereocenters. The van der Waals surface area contributed by atoms with E-state index in [4.69, 9.17) is 9.47 Å². The molecule has 0 spiro atoms. The van der Waals surface area contributed by atoms with Gasteiger partial charge in [0.1, 0.15) is 6.61 Å². The number of nitrogens with one attached hydrogen (secondary N) is 1. The summed E-state index contributed by atoms with van der Waals surface area (Å²) in [6, 6.07) is 0. The summed E-state index contributed by atoms with van der Waals surface area (Å²) in [5, 5.41) is 2.85. The highest BCUT2D eigenvalue weighted by Gasteiger charge is 2.20. The van der Waals surface area contributed by atoms with Crippen molar-refractivity contribution in [3.63, 3.8) is 0 Å². The summed E-state index contributed by atoms with van der Waals surface area (Å²) < 4.78 is 11.6. The van der Waals surface area contributed by atoms with E-state index in [2.05, 4.69) is 19.2 Å². The predicted octanol–water partition coefficient (Wildman–Crippen LogP) is 8.67. The number of ether oxygens (including phenoxy) is 2. The lowest BCUT2D eigenvalue weighted by atomic mass is 10.1. The average Bonchev–Trinajstić information content (AvgIpc) is 2.95. The molecular weight excluding hydrogens is 540 g/mol. The van der Waals surface area contributed by atoms with Gasteiger partial charge in [0.05, 0.1) is 27.7 Å². The Morgan fingerprint density at radius 2 is 0.930 bits per heavy atom. The van der Waals surface area contributed by atoms with E-state index in [1.165, 1.54) is 103 Å². The first-order valence-electron chi connectivity index (χ1n) is 18.1. The molecule has 43 heavy (non-hydrogen) atoms. The molecule has 0 fully saturated rings. The van der Waals surface area contributed by atoms with Crippen LogP contribution in [0.15, 0.2) is 0 Å². The third-order valence-corrected chi connectivity index (χ3v) is 7.84. The first-order valence-corrected chi connectivity index (χ1v) is 18.1. The second kappa shape index (κ2) is 29.1.